The van der Waals surface area contributed by atoms with Crippen LogP contribution in [0.2, 0.25) is 0 Å². The molecular formula is C24H31FN5O6P. The molecule has 37 heavy (non-hydrogen) atoms. The van der Waals surface area contributed by atoms with E-state index in [0.717, 1.165) is 13.1 Å². The highest BCUT2D eigenvalue weighted by Gasteiger charge is 2.46. The first kappa shape index (κ1) is 25.8. The molecule has 11 nitrogen and oxygen atoms in total. The second-order valence-corrected chi connectivity index (χ2v) is 11.2. The molecule has 5 rings (SSSR count). The van der Waals surface area contributed by atoms with E-state index in [2.05, 4.69) is 25.5 Å². The number of nitrogens with zero attached hydrogens (tertiary/aromatic N) is 3. The molecule has 2 aliphatic carbocycles. The number of methoxy groups -OCH3 is 1. The van der Waals surface area contributed by atoms with Crippen molar-refractivity contribution in [3.8, 4) is 5.75 Å². The molecule has 1 aromatic heterocycles. The Morgan fingerprint density at radius 3 is 2.59 bits per heavy atom. The van der Waals surface area contributed by atoms with Crippen LogP contribution in [-0.2, 0) is 15.6 Å². The molecule has 2 aromatic rings. The lowest BCUT2D eigenvalue weighted by atomic mass is 9.93. The van der Waals surface area contributed by atoms with Crippen LogP contribution in [0.1, 0.15) is 48.0 Å². The van der Waals surface area contributed by atoms with Crippen LogP contribution in [0.5, 0.6) is 5.75 Å². The highest BCUT2D eigenvalue weighted by Crippen LogP contribution is 2.45. The van der Waals surface area contributed by atoms with E-state index in [9.17, 15) is 13.8 Å². The minimum absolute atomic E-state index is 0.154. The number of rotatable bonds is 9. The van der Waals surface area contributed by atoms with Crippen LogP contribution in [0.25, 0.3) is 0 Å². The fourth-order valence-electron chi connectivity index (χ4n) is 5.16. The van der Waals surface area contributed by atoms with E-state index >= 15 is 0 Å². The summed E-state index contributed by atoms with van der Waals surface area (Å²) in [6.45, 7) is 2.05. The number of phosphoric acid groups is 1. The summed E-state index contributed by atoms with van der Waals surface area (Å²) in [5.41, 5.74) is 0.936. The zero-order valence-corrected chi connectivity index (χ0v) is 21.4. The zero-order valence-electron chi connectivity index (χ0n) is 20.5. The van der Waals surface area contributed by atoms with Gasteiger partial charge in [0.2, 0.25) is 5.95 Å². The van der Waals surface area contributed by atoms with Crippen molar-refractivity contribution in [3.05, 3.63) is 41.3 Å². The summed E-state index contributed by atoms with van der Waals surface area (Å²) in [5, 5.41) is 6.16. The van der Waals surface area contributed by atoms with Gasteiger partial charge in [0.1, 0.15) is 11.4 Å². The number of nitrogens with one attached hydrogen (secondary N) is 2. The van der Waals surface area contributed by atoms with Gasteiger partial charge in [-0.05, 0) is 61.6 Å². The molecule has 13 heteroatoms. The topological polar surface area (TPSA) is 146 Å². The zero-order chi connectivity index (χ0) is 26.2. The quantitative estimate of drug-likeness (QED) is 0.354. The lowest BCUT2D eigenvalue weighted by molar-refractivity contribution is 0.0820. The number of halogens is 1. The number of hydrogen-bond donors (Lipinski definition) is 4. The fourth-order valence-corrected chi connectivity index (χ4v) is 5.76. The second kappa shape index (κ2) is 10.5. The number of fused-ring (bicyclic) bond motifs is 1. The predicted molar refractivity (Wildman–Crippen MR) is 133 cm³/mol. The standard InChI is InChI=1S/C24H31FN5O6P/c1-35-21-7-2-14(8-20(21)25)10-26-22-19(11-27-24(29-22)30-12-15-9-16(15)13-30)23(31)28-17-3-5-18(6-4-17)36-37(32,33)34/h2,7-8,11,15-18H,3-6,9-10,12-13H2,1H3,(H,28,31)(H,26,27,29)(H2,32,33,34). The molecular weight excluding hydrogens is 504 g/mol. The van der Waals surface area contributed by atoms with Crippen LogP contribution in [0.3, 0.4) is 0 Å². The molecule has 0 bridgehead atoms. The number of hydrogen-bond acceptors (Lipinski definition) is 8. The molecule has 0 radical (unpaired) electrons. The van der Waals surface area contributed by atoms with Gasteiger partial charge >= 0.3 is 7.82 Å². The molecule has 1 aromatic carbocycles. The average molecular weight is 536 g/mol. The molecule has 200 valence electrons. The van der Waals surface area contributed by atoms with Gasteiger partial charge in [-0.25, -0.2) is 13.9 Å². The Morgan fingerprint density at radius 2 is 1.95 bits per heavy atom. The minimum Gasteiger partial charge on any atom is -0.494 e. The molecule has 1 amide bonds. The maximum atomic E-state index is 14.2. The number of ether oxygens (including phenoxy) is 1. The van der Waals surface area contributed by atoms with Gasteiger partial charge in [0.25, 0.3) is 5.91 Å². The van der Waals surface area contributed by atoms with E-state index in [1.54, 1.807) is 12.1 Å². The van der Waals surface area contributed by atoms with Gasteiger partial charge in [0, 0.05) is 31.9 Å². The van der Waals surface area contributed by atoms with Gasteiger partial charge in [0.05, 0.1) is 13.2 Å². The van der Waals surface area contributed by atoms with Crippen LogP contribution in [0.15, 0.2) is 24.4 Å². The first-order chi connectivity index (χ1) is 17.7. The van der Waals surface area contributed by atoms with Gasteiger partial charge in [-0.1, -0.05) is 6.07 Å². The van der Waals surface area contributed by atoms with Crippen molar-refractivity contribution in [1.29, 1.82) is 0 Å². The molecule has 0 spiro atoms. The van der Waals surface area contributed by atoms with E-state index in [0.29, 0.717) is 54.8 Å². The van der Waals surface area contributed by atoms with Crippen LogP contribution in [0, 0.1) is 17.7 Å². The van der Waals surface area contributed by atoms with Crippen molar-refractivity contribution in [2.24, 2.45) is 11.8 Å². The third-order valence-electron chi connectivity index (χ3n) is 7.25. The number of phosphoric ester groups is 1. The predicted octanol–water partition coefficient (Wildman–Crippen LogP) is 2.84. The number of aromatic nitrogens is 2. The maximum absolute atomic E-state index is 14.2. The first-order valence-electron chi connectivity index (χ1n) is 12.4. The number of anilines is 2. The highest BCUT2D eigenvalue weighted by atomic mass is 31.2. The van der Waals surface area contributed by atoms with E-state index < -0.39 is 19.7 Å². The van der Waals surface area contributed by atoms with E-state index in [4.69, 9.17) is 19.0 Å². The lowest BCUT2D eigenvalue weighted by Crippen LogP contribution is -2.39. The van der Waals surface area contributed by atoms with Crippen molar-refractivity contribution in [1.82, 2.24) is 15.3 Å². The Hall–Kier alpha value is -2.79. The average Bonchev–Trinajstić information content (AvgIpc) is 3.47. The van der Waals surface area contributed by atoms with Gasteiger partial charge in [-0.15, -0.1) is 0 Å². The maximum Gasteiger partial charge on any atom is 0.469 e. The summed E-state index contributed by atoms with van der Waals surface area (Å²) in [7, 11) is -3.13. The first-order valence-corrected chi connectivity index (χ1v) is 13.9. The summed E-state index contributed by atoms with van der Waals surface area (Å²) in [6, 6.07) is 4.50. The molecule has 4 N–H and O–H groups in total. The Bertz CT molecular complexity index is 1190. The van der Waals surface area contributed by atoms with Crippen molar-refractivity contribution in [2.45, 2.75) is 50.8 Å². The SMILES string of the molecule is COc1ccc(CNc2nc(N3CC4CC4C3)ncc2C(=O)NC2CCC(OP(=O)(O)O)CC2)cc1F. The Balaban J connectivity index is 1.28. The normalized spacial score (nSPS) is 24.9. The van der Waals surface area contributed by atoms with Crippen LogP contribution in [-0.4, -0.2) is 58.0 Å². The fraction of sp³-hybridized carbons (Fsp3) is 0.542. The third-order valence-corrected chi connectivity index (χ3v) is 7.83. The Labute approximate surface area is 214 Å². The van der Waals surface area contributed by atoms with E-state index in [1.165, 1.54) is 25.8 Å². The largest absolute Gasteiger partial charge is 0.494 e. The number of carbonyl (C=O) groups is 1. The number of carbonyl (C=O) groups excluding carboxylic acids is 1. The van der Waals surface area contributed by atoms with Crippen molar-refractivity contribution in [2.75, 3.05) is 30.4 Å². The molecule has 2 saturated carbocycles. The van der Waals surface area contributed by atoms with Crippen molar-refractivity contribution < 1.29 is 32.8 Å². The van der Waals surface area contributed by atoms with Gasteiger partial charge in [-0.2, -0.15) is 4.98 Å². The molecule has 3 aliphatic rings. The van der Waals surface area contributed by atoms with Crippen molar-refractivity contribution in [3.63, 3.8) is 0 Å². The van der Waals surface area contributed by atoms with E-state index in [-0.39, 0.29) is 29.8 Å². The molecule has 2 atom stereocenters. The molecule has 1 saturated heterocycles. The summed E-state index contributed by atoms with van der Waals surface area (Å²) < 4.78 is 35.0. The molecule has 2 unspecified atom stereocenters. The number of benzene rings is 1. The van der Waals surface area contributed by atoms with E-state index in [1.807, 2.05) is 0 Å². The summed E-state index contributed by atoms with van der Waals surface area (Å²) in [5.74, 6) is 1.63. The summed E-state index contributed by atoms with van der Waals surface area (Å²) in [6.07, 6.45) is 4.13. The Kier molecular flexibility index (Phi) is 7.35. The van der Waals surface area contributed by atoms with Crippen LogP contribution < -0.4 is 20.3 Å². The van der Waals surface area contributed by atoms with Crippen molar-refractivity contribution >= 4 is 25.5 Å². The summed E-state index contributed by atoms with van der Waals surface area (Å²) in [4.78, 5) is 42.5. The van der Waals surface area contributed by atoms with Gasteiger partial charge < -0.3 is 30.1 Å². The number of piperidine rings is 1. The molecule has 3 fully saturated rings. The monoisotopic (exact) mass is 535 g/mol. The number of amides is 1. The lowest BCUT2D eigenvalue weighted by Gasteiger charge is -2.29. The highest BCUT2D eigenvalue weighted by molar-refractivity contribution is 7.46. The summed E-state index contributed by atoms with van der Waals surface area (Å²) >= 11 is 0. The molecule has 1 aliphatic heterocycles. The van der Waals surface area contributed by atoms with Gasteiger partial charge in [0.15, 0.2) is 11.6 Å². The Morgan fingerprint density at radius 1 is 1.22 bits per heavy atom. The molecule has 2 heterocycles. The van der Waals surface area contributed by atoms with Gasteiger partial charge in [-0.3, -0.25) is 9.32 Å². The minimum atomic E-state index is -4.54. The second-order valence-electron chi connectivity index (χ2n) is 9.96. The van der Waals surface area contributed by atoms with Crippen LogP contribution in [0.4, 0.5) is 16.2 Å². The van der Waals surface area contributed by atoms with Crippen LogP contribution >= 0.6 is 7.82 Å². The third kappa shape index (κ3) is 6.38. The smallest absolute Gasteiger partial charge is 0.469 e.